The highest BCUT2D eigenvalue weighted by molar-refractivity contribution is 5.96. The number of hydrogen-bond acceptors (Lipinski definition) is 4. The van der Waals surface area contributed by atoms with Gasteiger partial charge in [0.25, 0.3) is 5.91 Å². The first-order valence-corrected chi connectivity index (χ1v) is 7.14. The maximum Gasteiger partial charge on any atom is 0.326 e. The summed E-state index contributed by atoms with van der Waals surface area (Å²) in [5.74, 6) is -0.926. The first kappa shape index (κ1) is 14.3. The molecule has 6 nitrogen and oxygen atoms in total. The zero-order chi connectivity index (χ0) is 15.7. The summed E-state index contributed by atoms with van der Waals surface area (Å²) in [6.45, 7) is 2.12. The van der Waals surface area contributed by atoms with E-state index in [1.54, 1.807) is 0 Å². The van der Waals surface area contributed by atoms with E-state index in [0.29, 0.717) is 18.6 Å². The van der Waals surface area contributed by atoms with Crippen molar-refractivity contribution in [3.63, 3.8) is 0 Å². The predicted molar refractivity (Wildman–Crippen MR) is 77.3 cm³/mol. The van der Waals surface area contributed by atoms with Gasteiger partial charge in [-0.2, -0.15) is 0 Å². The normalized spacial score (nSPS) is 17.1. The number of oxazole rings is 1. The highest BCUT2D eigenvalue weighted by Gasteiger charge is 2.36. The first-order chi connectivity index (χ1) is 10.6. The third-order valence-corrected chi connectivity index (χ3v) is 3.96. The molecule has 6 heteroatoms. The number of aliphatic carboxylic acids is 1. The standard InChI is InChI=1S/C16H16N2O4/c1-2-13-14(17-9-22-13)15(19)18-8-11-6-4-3-5-10(11)7-12(18)16(20)21/h3-6,9,12H,2,7-8H2,1H3,(H,20,21)/t12-/m1/s1. The van der Waals surface area contributed by atoms with Crippen LogP contribution < -0.4 is 0 Å². The number of carboxylic acids is 1. The number of fused-ring (bicyclic) bond motifs is 1. The molecular formula is C16H16N2O4. The Balaban J connectivity index is 1.97. The summed E-state index contributed by atoms with van der Waals surface area (Å²) in [7, 11) is 0. The minimum atomic E-state index is -1.01. The smallest absolute Gasteiger partial charge is 0.326 e. The van der Waals surface area contributed by atoms with Crippen LogP contribution >= 0.6 is 0 Å². The number of carbonyl (C=O) groups excluding carboxylic acids is 1. The van der Waals surface area contributed by atoms with Crippen LogP contribution in [0.15, 0.2) is 35.1 Å². The monoisotopic (exact) mass is 300 g/mol. The summed E-state index contributed by atoms with van der Waals surface area (Å²) in [6, 6.07) is 6.69. The number of aryl methyl sites for hydroxylation is 1. The van der Waals surface area contributed by atoms with E-state index < -0.39 is 17.9 Å². The largest absolute Gasteiger partial charge is 0.480 e. The van der Waals surface area contributed by atoms with Crippen molar-refractivity contribution < 1.29 is 19.1 Å². The van der Waals surface area contributed by atoms with Crippen LogP contribution in [0.1, 0.15) is 34.3 Å². The van der Waals surface area contributed by atoms with Gasteiger partial charge in [-0.15, -0.1) is 0 Å². The topological polar surface area (TPSA) is 83.6 Å². The van der Waals surface area contributed by atoms with E-state index in [-0.39, 0.29) is 12.2 Å². The summed E-state index contributed by atoms with van der Waals surface area (Å²) in [5.41, 5.74) is 2.14. The van der Waals surface area contributed by atoms with Crippen LogP contribution in [0.4, 0.5) is 0 Å². The number of carbonyl (C=O) groups is 2. The van der Waals surface area contributed by atoms with Crippen LogP contribution in [0, 0.1) is 0 Å². The second-order valence-corrected chi connectivity index (χ2v) is 5.24. The Hall–Kier alpha value is -2.63. The molecule has 0 bridgehead atoms. The van der Waals surface area contributed by atoms with Crippen molar-refractivity contribution >= 4 is 11.9 Å². The van der Waals surface area contributed by atoms with Crippen molar-refractivity contribution in [1.82, 2.24) is 9.88 Å². The maximum atomic E-state index is 12.7. The van der Waals surface area contributed by atoms with Crippen LogP contribution in [0.2, 0.25) is 0 Å². The number of aromatic nitrogens is 1. The molecule has 22 heavy (non-hydrogen) atoms. The molecule has 0 saturated carbocycles. The minimum Gasteiger partial charge on any atom is -0.480 e. The third kappa shape index (κ3) is 2.36. The fraction of sp³-hybridized carbons (Fsp3) is 0.312. The summed E-state index contributed by atoms with van der Waals surface area (Å²) in [4.78, 5) is 29.6. The molecule has 1 aliphatic rings. The minimum absolute atomic E-state index is 0.202. The molecule has 1 aliphatic heterocycles. The number of nitrogens with zero attached hydrogens (tertiary/aromatic N) is 2. The van der Waals surface area contributed by atoms with E-state index in [2.05, 4.69) is 4.98 Å². The van der Waals surface area contributed by atoms with Crippen LogP contribution in [0.25, 0.3) is 0 Å². The van der Waals surface area contributed by atoms with Gasteiger partial charge in [-0.1, -0.05) is 31.2 Å². The van der Waals surface area contributed by atoms with Gasteiger partial charge in [0.1, 0.15) is 11.8 Å². The van der Waals surface area contributed by atoms with Crippen molar-refractivity contribution in [3.8, 4) is 0 Å². The molecule has 2 aromatic rings. The average Bonchev–Trinajstić information content (AvgIpc) is 3.01. The van der Waals surface area contributed by atoms with Crippen LogP contribution in [-0.4, -0.2) is 32.9 Å². The van der Waals surface area contributed by atoms with Gasteiger partial charge in [-0.05, 0) is 11.1 Å². The fourth-order valence-corrected chi connectivity index (χ4v) is 2.79. The van der Waals surface area contributed by atoms with Crippen LogP contribution in [0.5, 0.6) is 0 Å². The zero-order valence-electron chi connectivity index (χ0n) is 12.2. The molecule has 1 atom stereocenters. The highest BCUT2D eigenvalue weighted by Crippen LogP contribution is 2.25. The van der Waals surface area contributed by atoms with E-state index in [0.717, 1.165) is 11.1 Å². The lowest BCUT2D eigenvalue weighted by Crippen LogP contribution is -2.48. The molecule has 0 saturated heterocycles. The second-order valence-electron chi connectivity index (χ2n) is 5.24. The summed E-state index contributed by atoms with van der Waals surface area (Å²) in [6.07, 6.45) is 2.06. The number of benzene rings is 1. The highest BCUT2D eigenvalue weighted by atomic mass is 16.4. The fourth-order valence-electron chi connectivity index (χ4n) is 2.79. The number of amides is 1. The summed E-state index contributed by atoms with van der Waals surface area (Å²) >= 11 is 0. The third-order valence-electron chi connectivity index (χ3n) is 3.96. The van der Waals surface area contributed by atoms with Gasteiger partial charge in [-0.3, -0.25) is 4.79 Å². The van der Waals surface area contributed by atoms with Crippen molar-refractivity contribution in [2.45, 2.75) is 32.4 Å². The van der Waals surface area contributed by atoms with E-state index in [1.165, 1.54) is 11.3 Å². The lowest BCUT2D eigenvalue weighted by atomic mass is 9.93. The van der Waals surface area contributed by atoms with E-state index in [4.69, 9.17) is 4.42 Å². The van der Waals surface area contributed by atoms with Gasteiger partial charge < -0.3 is 14.4 Å². The van der Waals surface area contributed by atoms with E-state index in [1.807, 2.05) is 31.2 Å². The quantitative estimate of drug-likeness (QED) is 0.935. The van der Waals surface area contributed by atoms with Gasteiger partial charge in [0, 0.05) is 19.4 Å². The molecule has 1 amide bonds. The second kappa shape index (κ2) is 5.63. The van der Waals surface area contributed by atoms with Gasteiger partial charge in [-0.25, -0.2) is 9.78 Å². The Morgan fingerprint density at radius 1 is 1.36 bits per heavy atom. The number of rotatable bonds is 3. The predicted octanol–water partition coefficient (Wildman–Crippen LogP) is 1.89. The number of hydrogen-bond donors (Lipinski definition) is 1. The molecule has 3 rings (SSSR count). The van der Waals surface area contributed by atoms with Crippen molar-refractivity contribution in [1.29, 1.82) is 0 Å². The zero-order valence-corrected chi connectivity index (χ0v) is 12.2. The summed E-state index contributed by atoms with van der Waals surface area (Å²) in [5, 5.41) is 9.47. The Morgan fingerprint density at radius 3 is 2.77 bits per heavy atom. The molecule has 1 aromatic carbocycles. The van der Waals surface area contributed by atoms with Crippen molar-refractivity contribution in [2.75, 3.05) is 0 Å². The van der Waals surface area contributed by atoms with E-state index >= 15 is 0 Å². The lowest BCUT2D eigenvalue weighted by Gasteiger charge is -2.34. The lowest BCUT2D eigenvalue weighted by molar-refractivity contribution is -0.142. The van der Waals surface area contributed by atoms with Crippen LogP contribution in [0.3, 0.4) is 0 Å². The molecule has 0 unspecified atom stereocenters. The van der Waals surface area contributed by atoms with Crippen LogP contribution in [-0.2, 0) is 24.2 Å². The molecule has 1 N–H and O–H groups in total. The summed E-state index contributed by atoms with van der Waals surface area (Å²) < 4.78 is 5.18. The molecule has 0 aliphatic carbocycles. The van der Waals surface area contributed by atoms with E-state index in [9.17, 15) is 14.7 Å². The van der Waals surface area contributed by atoms with Gasteiger partial charge in [0.2, 0.25) is 0 Å². The molecule has 0 fully saturated rings. The van der Waals surface area contributed by atoms with Gasteiger partial charge in [0.05, 0.1) is 0 Å². The van der Waals surface area contributed by atoms with Crippen molar-refractivity contribution in [3.05, 3.63) is 53.2 Å². The molecule has 114 valence electrons. The van der Waals surface area contributed by atoms with Gasteiger partial charge >= 0.3 is 5.97 Å². The molecular weight excluding hydrogens is 284 g/mol. The molecule has 0 spiro atoms. The Kier molecular flexibility index (Phi) is 3.66. The SMILES string of the molecule is CCc1ocnc1C(=O)N1Cc2ccccc2C[C@@H]1C(=O)O. The molecule has 1 aromatic heterocycles. The van der Waals surface area contributed by atoms with Gasteiger partial charge in [0.15, 0.2) is 12.1 Å². The molecule has 0 radical (unpaired) electrons. The molecule has 2 heterocycles. The maximum absolute atomic E-state index is 12.7. The first-order valence-electron chi connectivity index (χ1n) is 7.14. The number of carboxylic acid groups (broad SMARTS) is 1. The Bertz CT molecular complexity index is 722. The Morgan fingerprint density at radius 2 is 2.09 bits per heavy atom. The Labute approximate surface area is 127 Å². The van der Waals surface area contributed by atoms with Crippen molar-refractivity contribution in [2.24, 2.45) is 0 Å². The average molecular weight is 300 g/mol.